The zero-order valence-electron chi connectivity index (χ0n) is 18.5. The molecule has 0 aliphatic carbocycles. The van der Waals surface area contributed by atoms with Crippen LogP contribution in [-0.4, -0.2) is 35.4 Å². The number of carboxylic acid groups (broad SMARTS) is 1. The molecule has 174 valence electrons. The molecule has 1 aromatic heterocycles. The molecule has 0 spiro atoms. The second-order valence-corrected chi connectivity index (χ2v) is 8.24. The topological polar surface area (TPSA) is 80.7 Å². The minimum absolute atomic E-state index is 0.0765. The number of nitrogens with zero attached hydrogens (tertiary/aromatic N) is 1. The monoisotopic (exact) mass is 456 g/mol. The highest BCUT2D eigenvalue weighted by atomic mass is 19.3. The lowest BCUT2D eigenvalue weighted by Gasteiger charge is -2.25. The standard InChI is InChI=1S/C25H26F2N2O4/c1-14-11-18(15(2)28-20-6-4-3-5-17(20)25(30)31)19-13-22(33-16-7-9-32-10-8-16)23(24(26)27)29-21(19)12-14/h3-6,11-13,15-16,24,28H,7-10H2,1-2H3,(H,30,31). The van der Waals surface area contributed by atoms with Gasteiger partial charge in [-0.1, -0.05) is 18.2 Å². The summed E-state index contributed by atoms with van der Waals surface area (Å²) in [5.41, 5.74) is 2.38. The molecule has 0 saturated carbocycles. The Balaban J connectivity index is 1.76. The van der Waals surface area contributed by atoms with Gasteiger partial charge in [-0.3, -0.25) is 0 Å². The number of fused-ring (bicyclic) bond motifs is 1. The predicted octanol–water partition coefficient (Wildman–Crippen LogP) is 5.91. The van der Waals surface area contributed by atoms with Crippen molar-refractivity contribution in [2.24, 2.45) is 0 Å². The lowest BCUT2D eigenvalue weighted by Crippen LogP contribution is -2.26. The third-order valence-electron chi connectivity index (χ3n) is 5.77. The van der Waals surface area contributed by atoms with Crippen LogP contribution in [0.1, 0.15) is 59.4 Å². The number of aryl methyl sites for hydroxylation is 1. The fraction of sp³-hybridized carbons (Fsp3) is 0.360. The Morgan fingerprint density at radius 2 is 1.94 bits per heavy atom. The number of hydrogen-bond donors (Lipinski definition) is 2. The summed E-state index contributed by atoms with van der Waals surface area (Å²) in [5, 5.41) is 13.4. The van der Waals surface area contributed by atoms with Gasteiger partial charge in [-0.15, -0.1) is 0 Å². The van der Waals surface area contributed by atoms with Crippen LogP contribution in [-0.2, 0) is 4.74 Å². The van der Waals surface area contributed by atoms with E-state index in [2.05, 4.69) is 10.3 Å². The number of ether oxygens (including phenoxy) is 2. The summed E-state index contributed by atoms with van der Waals surface area (Å²) in [6.45, 7) is 4.83. The van der Waals surface area contributed by atoms with Gasteiger partial charge in [-0.25, -0.2) is 18.6 Å². The maximum atomic E-state index is 13.8. The van der Waals surface area contributed by atoms with Crippen molar-refractivity contribution >= 4 is 22.6 Å². The van der Waals surface area contributed by atoms with Gasteiger partial charge in [0.05, 0.1) is 24.3 Å². The van der Waals surface area contributed by atoms with Crippen molar-refractivity contribution in [1.29, 1.82) is 0 Å². The first-order chi connectivity index (χ1) is 15.8. The lowest BCUT2D eigenvalue weighted by atomic mass is 9.98. The summed E-state index contributed by atoms with van der Waals surface area (Å²) in [7, 11) is 0. The smallest absolute Gasteiger partial charge is 0.337 e. The van der Waals surface area contributed by atoms with Crippen molar-refractivity contribution in [1.82, 2.24) is 4.98 Å². The number of aromatic carboxylic acids is 1. The van der Waals surface area contributed by atoms with Crippen LogP contribution >= 0.6 is 0 Å². The Morgan fingerprint density at radius 1 is 1.21 bits per heavy atom. The molecule has 1 saturated heterocycles. The molecule has 33 heavy (non-hydrogen) atoms. The summed E-state index contributed by atoms with van der Waals surface area (Å²) in [6.07, 6.45) is -1.72. The molecule has 2 heterocycles. The highest BCUT2D eigenvalue weighted by Crippen LogP contribution is 2.36. The van der Waals surface area contributed by atoms with Crippen LogP contribution in [0, 0.1) is 6.92 Å². The number of alkyl halides is 2. The molecule has 8 heteroatoms. The van der Waals surface area contributed by atoms with Crippen molar-refractivity contribution < 1.29 is 28.2 Å². The fourth-order valence-corrected chi connectivity index (χ4v) is 4.13. The molecule has 1 unspecified atom stereocenters. The number of pyridine rings is 1. The van der Waals surface area contributed by atoms with Crippen LogP contribution < -0.4 is 10.1 Å². The largest absolute Gasteiger partial charge is 0.488 e. The van der Waals surface area contributed by atoms with Gasteiger partial charge in [-0.2, -0.15) is 0 Å². The van der Waals surface area contributed by atoms with E-state index in [9.17, 15) is 18.7 Å². The number of nitrogens with one attached hydrogen (secondary N) is 1. The van der Waals surface area contributed by atoms with E-state index in [1.807, 2.05) is 19.9 Å². The molecule has 1 fully saturated rings. The first-order valence-electron chi connectivity index (χ1n) is 10.9. The molecule has 2 aromatic carbocycles. The van der Waals surface area contributed by atoms with Crippen LogP contribution in [0.3, 0.4) is 0 Å². The zero-order chi connectivity index (χ0) is 23.5. The van der Waals surface area contributed by atoms with E-state index in [0.717, 1.165) is 11.1 Å². The average Bonchev–Trinajstić information content (AvgIpc) is 2.79. The summed E-state index contributed by atoms with van der Waals surface area (Å²) in [6, 6.07) is 11.7. The van der Waals surface area contributed by atoms with Crippen LogP contribution in [0.25, 0.3) is 10.9 Å². The Kier molecular flexibility index (Phi) is 6.74. The average molecular weight is 456 g/mol. The van der Waals surface area contributed by atoms with Gasteiger partial charge in [0.25, 0.3) is 6.43 Å². The van der Waals surface area contributed by atoms with Gasteiger partial charge in [0.1, 0.15) is 17.5 Å². The molecule has 0 bridgehead atoms. The Morgan fingerprint density at radius 3 is 2.64 bits per heavy atom. The number of benzene rings is 2. The number of rotatable bonds is 7. The van der Waals surface area contributed by atoms with Crippen molar-refractivity contribution in [3.63, 3.8) is 0 Å². The molecular formula is C25H26F2N2O4. The Labute approximate surface area is 190 Å². The van der Waals surface area contributed by atoms with E-state index in [0.29, 0.717) is 42.6 Å². The van der Waals surface area contributed by atoms with E-state index in [1.165, 1.54) is 6.07 Å². The summed E-state index contributed by atoms with van der Waals surface area (Å²) in [4.78, 5) is 15.9. The molecule has 1 aliphatic rings. The summed E-state index contributed by atoms with van der Waals surface area (Å²) >= 11 is 0. The SMILES string of the molecule is Cc1cc(C(C)Nc2ccccc2C(=O)O)c2cc(OC3CCOCC3)c(C(F)F)nc2c1. The van der Waals surface area contributed by atoms with Gasteiger partial charge in [0.15, 0.2) is 0 Å². The van der Waals surface area contributed by atoms with E-state index in [1.54, 1.807) is 30.3 Å². The first-order valence-corrected chi connectivity index (χ1v) is 10.9. The molecule has 0 amide bonds. The second-order valence-electron chi connectivity index (χ2n) is 8.24. The summed E-state index contributed by atoms with van der Waals surface area (Å²) < 4.78 is 39.0. The van der Waals surface area contributed by atoms with Gasteiger partial charge in [0.2, 0.25) is 0 Å². The number of aromatic nitrogens is 1. The first kappa shape index (κ1) is 22.9. The van der Waals surface area contributed by atoms with E-state index in [4.69, 9.17) is 9.47 Å². The maximum Gasteiger partial charge on any atom is 0.337 e. The van der Waals surface area contributed by atoms with Gasteiger partial charge >= 0.3 is 5.97 Å². The quantitative estimate of drug-likeness (QED) is 0.460. The minimum Gasteiger partial charge on any atom is -0.488 e. The Hall–Kier alpha value is -3.26. The molecule has 1 aliphatic heterocycles. The van der Waals surface area contributed by atoms with Gasteiger partial charge in [0, 0.05) is 30.0 Å². The third-order valence-corrected chi connectivity index (χ3v) is 5.77. The molecule has 4 rings (SSSR count). The van der Waals surface area contributed by atoms with Gasteiger partial charge in [-0.05, 0) is 49.2 Å². The fourth-order valence-electron chi connectivity index (χ4n) is 4.13. The molecule has 1 atom stereocenters. The normalized spacial score (nSPS) is 15.5. The lowest BCUT2D eigenvalue weighted by molar-refractivity contribution is 0.0232. The van der Waals surface area contributed by atoms with E-state index < -0.39 is 12.4 Å². The number of hydrogen-bond acceptors (Lipinski definition) is 5. The molecule has 0 radical (unpaired) electrons. The van der Waals surface area contributed by atoms with Crippen LogP contribution in [0.15, 0.2) is 42.5 Å². The van der Waals surface area contributed by atoms with Crippen molar-refractivity contribution in [2.75, 3.05) is 18.5 Å². The number of carboxylic acids is 1. The second kappa shape index (κ2) is 9.70. The van der Waals surface area contributed by atoms with Gasteiger partial charge < -0.3 is 19.9 Å². The van der Waals surface area contributed by atoms with Crippen LogP contribution in [0.5, 0.6) is 5.75 Å². The molecule has 6 nitrogen and oxygen atoms in total. The van der Waals surface area contributed by atoms with E-state index >= 15 is 0 Å². The number of para-hydroxylation sites is 1. The van der Waals surface area contributed by atoms with Crippen molar-refractivity contribution in [3.05, 3.63) is 64.8 Å². The zero-order valence-corrected chi connectivity index (χ0v) is 18.5. The molecule has 3 aromatic rings. The van der Waals surface area contributed by atoms with Crippen LogP contribution in [0.2, 0.25) is 0 Å². The highest BCUT2D eigenvalue weighted by Gasteiger charge is 2.24. The minimum atomic E-state index is -2.77. The highest BCUT2D eigenvalue weighted by molar-refractivity contribution is 5.94. The number of anilines is 1. The third kappa shape index (κ3) is 5.06. The molecule has 2 N–H and O–H groups in total. The number of carbonyl (C=O) groups is 1. The maximum absolute atomic E-state index is 13.8. The predicted molar refractivity (Wildman–Crippen MR) is 121 cm³/mol. The van der Waals surface area contributed by atoms with Crippen molar-refractivity contribution in [2.45, 2.75) is 45.3 Å². The van der Waals surface area contributed by atoms with Crippen molar-refractivity contribution in [3.8, 4) is 5.75 Å². The van der Waals surface area contributed by atoms with Crippen LogP contribution in [0.4, 0.5) is 14.5 Å². The molecular weight excluding hydrogens is 430 g/mol. The number of halogens is 2. The Bertz CT molecular complexity index is 1160. The summed E-state index contributed by atoms with van der Waals surface area (Å²) in [5.74, 6) is -0.956. The van der Waals surface area contributed by atoms with E-state index in [-0.39, 0.29) is 29.2 Å².